The summed E-state index contributed by atoms with van der Waals surface area (Å²) in [6.45, 7) is 0. The molecule has 0 aliphatic carbocycles. The lowest BCUT2D eigenvalue weighted by Crippen LogP contribution is -2.24. The van der Waals surface area contributed by atoms with Crippen LogP contribution in [0.15, 0.2) is 54.7 Å². The lowest BCUT2D eigenvalue weighted by atomic mass is 10.1. The highest BCUT2D eigenvalue weighted by atomic mass is 16.2. The molecule has 7 nitrogen and oxygen atoms in total. The minimum atomic E-state index is -0.399. The standard InChI is InChI=1S/C19H14N4O3/c1-23-18(25)14-7-4-12(10-15(14)19(23)26)17(24)21-13-5-2-11(3-6-13)16-8-9-20-22-16/h2-10H,1H3,(H,20,22)(H,21,24). The minimum absolute atomic E-state index is 0.250. The lowest BCUT2D eigenvalue weighted by Gasteiger charge is -2.07. The Morgan fingerprint density at radius 3 is 2.42 bits per heavy atom. The van der Waals surface area contributed by atoms with Crippen molar-refractivity contribution in [3.63, 3.8) is 0 Å². The van der Waals surface area contributed by atoms with Crippen molar-refractivity contribution in [2.75, 3.05) is 12.4 Å². The van der Waals surface area contributed by atoms with Crippen molar-refractivity contribution < 1.29 is 14.4 Å². The number of benzene rings is 2. The Hall–Kier alpha value is -3.74. The molecule has 0 fully saturated rings. The van der Waals surface area contributed by atoms with E-state index in [1.165, 1.54) is 25.2 Å². The number of aromatic amines is 1. The van der Waals surface area contributed by atoms with E-state index in [1.807, 2.05) is 18.2 Å². The maximum Gasteiger partial charge on any atom is 0.261 e. The van der Waals surface area contributed by atoms with Crippen LogP contribution in [-0.2, 0) is 0 Å². The first-order valence-corrected chi connectivity index (χ1v) is 7.92. The Morgan fingerprint density at radius 1 is 1.00 bits per heavy atom. The maximum absolute atomic E-state index is 12.5. The summed E-state index contributed by atoms with van der Waals surface area (Å²) in [5.41, 5.74) is 3.34. The van der Waals surface area contributed by atoms with Crippen LogP contribution in [0.5, 0.6) is 0 Å². The highest BCUT2D eigenvalue weighted by Gasteiger charge is 2.33. The number of amides is 3. The summed E-state index contributed by atoms with van der Waals surface area (Å²) in [7, 11) is 1.42. The number of rotatable bonds is 3. The first kappa shape index (κ1) is 15.8. The van der Waals surface area contributed by atoms with E-state index in [0.29, 0.717) is 16.8 Å². The predicted octanol–water partition coefficient (Wildman–Crippen LogP) is 2.55. The van der Waals surface area contributed by atoms with Gasteiger partial charge in [-0.25, -0.2) is 0 Å². The molecule has 0 bridgehead atoms. The molecule has 2 N–H and O–H groups in total. The number of anilines is 1. The molecular formula is C19H14N4O3. The molecule has 0 atom stereocenters. The molecule has 128 valence electrons. The molecule has 3 aromatic rings. The van der Waals surface area contributed by atoms with Gasteiger partial charge < -0.3 is 5.32 Å². The van der Waals surface area contributed by atoms with E-state index in [0.717, 1.165) is 16.2 Å². The largest absolute Gasteiger partial charge is 0.322 e. The summed E-state index contributed by atoms with van der Waals surface area (Å²) >= 11 is 0. The first-order chi connectivity index (χ1) is 12.5. The van der Waals surface area contributed by atoms with Gasteiger partial charge in [0.05, 0.1) is 16.8 Å². The van der Waals surface area contributed by atoms with Gasteiger partial charge in [0, 0.05) is 24.5 Å². The van der Waals surface area contributed by atoms with E-state index in [9.17, 15) is 14.4 Å². The average Bonchev–Trinajstić information content (AvgIpc) is 3.27. The fourth-order valence-electron chi connectivity index (χ4n) is 2.86. The van der Waals surface area contributed by atoms with Crippen molar-refractivity contribution in [2.45, 2.75) is 0 Å². The van der Waals surface area contributed by atoms with Gasteiger partial charge in [-0.15, -0.1) is 0 Å². The van der Waals surface area contributed by atoms with E-state index in [2.05, 4.69) is 15.5 Å². The molecule has 0 saturated carbocycles. The molecule has 1 aliphatic heterocycles. The van der Waals surface area contributed by atoms with E-state index in [-0.39, 0.29) is 17.4 Å². The van der Waals surface area contributed by atoms with Crippen LogP contribution >= 0.6 is 0 Å². The molecule has 0 spiro atoms. The maximum atomic E-state index is 12.5. The number of hydrogen-bond acceptors (Lipinski definition) is 4. The second-order valence-electron chi connectivity index (χ2n) is 5.93. The number of nitrogens with one attached hydrogen (secondary N) is 2. The van der Waals surface area contributed by atoms with Gasteiger partial charge in [0.15, 0.2) is 0 Å². The van der Waals surface area contributed by atoms with Gasteiger partial charge in [-0.05, 0) is 42.0 Å². The number of hydrogen-bond donors (Lipinski definition) is 2. The minimum Gasteiger partial charge on any atom is -0.322 e. The molecule has 0 unspecified atom stereocenters. The zero-order chi connectivity index (χ0) is 18.3. The Balaban J connectivity index is 1.54. The van der Waals surface area contributed by atoms with E-state index >= 15 is 0 Å². The van der Waals surface area contributed by atoms with Gasteiger partial charge in [-0.2, -0.15) is 5.10 Å². The lowest BCUT2D eigenvalue weighted by molar-refractivity contribution is 0.0693. The van der Waals surface area contributed by atoms with Gasteiger partial charge in [0.2, 0.25) is 0 Å². The van der Waals surface area contributed by atoms with Crippen molar-refractivity contribution in [3.05, 3.63) is 71.4 Å². The van der Waals surface area contributed by atoms with Gasteiger partial charge >= 0.3 is 0 Å². The van der Waals surface area contributed by atoms with Crippen LogP contribution < -0.4 is 5.32 Å². The summed E-state index contributed by atoms with van der Waals surface area (Å²) in [5.74, 6) is -1.10. The number of imide groups is 1. The SMILES string of the molecule is CN1C(=O)c2ccc(C(=O)Nc3ccc(-c4ccn[nH]4)cc3)cc2C1=O. The summed E-state index contributed by atoms with van der Waals surface area (Å²) < 4.78 is 0. The summed E-state index contributed by atoms with van der Waals surface area (Å²) in [5, 5.41) is 9.56. The highest BCUT2D eigenvalue weighted by molar-refractivity contribution is 6.22. The number of carbonyl (C=O) groups is 3. The number of H-pyrrole nitrogens is 1. The van der Waals surface area contributed by atoms with Crippen LogP contribution in [0.2, 0.25) is 0 Å². The molecule has 1 aromatic heterocycles. The van der Waals surface area contributed by atoms with E-state index in [4.69, 9.17) is 0 Å². The van der Waals surface area contributed by atoms with Crippen molar-refractivity contribution in [1.29, 1.82) is 0 Å². The monoisotopic (exact) mass is 346 g/mol. The number of fused-ring (bicyclic) bond motifs is 1. The topological polar surface area (TPSA) is 95.2 Å². The van der Waals surface area contributed by atoms with Crippen LogP contribution in [0.25, 0.3) is 11.3 Å². The molecule has 2 aromatic carbocycles. The molecular weight excluding hydrogens is 332 g/mol. The Labute approximate surface area is 148 Å². The third kappa shape index (κ3) is 2.55. The second-order valence-corrected chi connectivity index (χ2v) is 5.93. The van der Waals surface area contributed by atoms with Crippen LogP contribution in [0.3, 0.4) is 0 Å². The molecule has 0 radical (unpaired) electrons. The summed E-state index contributed by atoms with van der Waals surface area (Å²) in [4.78, 5) is 37.5. The smallest absolute Gasteiger partial charge is 0.261 e. The van der Waals surface area contributed by atoms with Gasteiger partial charge in [-0.1, -0.05) is 12.1 Å². The van der Waals surface area contributed by atoms with E-state index < -0.39 is 5.91 Å². The Bertz CT molecular complexity index is 1020. The number of carbonyl (C=O) groups excluding carboxylic acids is 3. The van der Waals surface area contributed by atoms with Crippen molar-refractivity contribution >= 4 is 23.4 Å². The quantitative estimate of drug-likeness (QED) is 0.713. The third-order valence-corrected chi connectivity index (χ3v) is 4.31. The first-order valence-electron chi connectivity index (χ1n) is 7.92. The zero-order valence-corrected chi connectivity index (χ0v) is 13.8. The molecule has 0 saturated heterocycles. The molecule has 4 rings (SSSR count). The van der Waals surface area contributed by atoms with Crippen molar-refractivity contribution in [3.8, 4) is 11.3 Å². The molecule has 2 heterocycles. The molecule has 1 aliphatic rings. The second kappa shape index (κ2) is 5.96. The highest BCUT2D eigenvalue weighted by Crippen LogP contribution is 2.24. The Morgan fingerprint density at radius 2 is 1.73 bits per heavy atom. The molecule has 7 heteroatoms. The van der Waals surface area contributed by atoms with Gasteiger partial charge in [-0.3, -0.25) is 24.4 Å². The van der Waals surface area contributed by atoms with Crippen molar-refractivity contribution in [2.24, 2.45) is 0 Å². The normalized spacial score (nSPS) is 13.0. The van der Waals surface area contributed by atoms with Crippen LogP contribution in [-0.4, -0.2) is 39.9 Å². The average molecular weight is 346 g/mol. The number of aromatic nitrogens is 2. The molecule has 3 amide bonds. The Kier molecular flexibility index (Phi) is 3.62. The van der Waals surface area contributed by atoms with E-state index in [1.54, 1.807) is 18.3 Å². The third-order valence-electron chi connectivity index (χ3n) is 4.31. The summed E-state index contributed by atoms with van der Waals surface area (Å²) in [6.07, 6.45) is 1.67. The molecule has 26 heavy (non-hydrogen) atoms. The fourth-order valence-corrected chi connectivity index (χ4v) is 2.86. The number of nitrogens with zero attached hydrogens (tertiary/aromatic N) is 2. The van der Waals surface area contributed by atoms with Crippen LogP contribution in [0, 0.1) is 0 Å². The van der Waals surface area contributed by atoms with Crippen LogP contribution in [0.4, 0.5) is 5.69 Å². The summed E-state index contributed by atoms with van der Waals surface area (Å²) in [6, 6.07) is 13.6. The fraction of sp³-hybridized carbons (Fsp3) is 0.0526. The van der Waals surface area contributed by atoms with Crippen molar-refractivity contribution in [1.82, 2.24) is 15.1 Å². The predicted molar refractivity (Wildman–Crippen MR) is 94.8 cm³/mol. The van der Waals surface area contributed by atoms with Gasteiger partial charge in [0.25, 0.3) is 17.7 Å². The van der Waals surface area contributed by atoms with Crippen LogP contribution in [0.1, 0.15) is 31.1 Å². The van der Waals surface area contributed by atoms with Gasteiger partial charge in [0.1, 0.15) is 0 Å². The zero-order valence-electron chi connectivity index (χ0n) is 13.8.